The average Bonchev–Trinajstić information content (AvgIpc) is 2.87. The second-order valence-electron chi connectivity index (χ2n) is 7.86. The van der Waals surface area contributed by atoms with Crippen molar-refractivity contribution in [3.63, 3.8) is 0 Å². The molecule has 2 bridgehead atoms. The topological polar surface area (TPSA) is 76.1 Å². The molecule has 1 aromatic heterocycles. The third kappa shape index (κ3) is 1.68. The summed E-state index contributed by atoms with van der Waals surface area (Å²) in [5.74, 6) is -1.35. The van der Waals surface area contributed by atoms with E-state index in [2.05, 4.69) is 10.3 Å². The minimum atomic E-state index is -1.30. The Morgan fingerprint density at radius 1 is 1.04 bits per heavy atom. The van der Waals surface area contributed by atoms with E-state index < -0.39 is 33.7 Å². The number of pyridine rings is 1. The number of carbonyl (C=O) groups excluding carboxylic acids is 3. The van der Waals surface area contributed by atoms with Crippen LogP contribution in [0.15, 0.2) is 36.5 Å². The molecule has 2 saturated carbocycles. The molecule has 2 fully saturated rings. The summed E-state index contributed by atoms with van der Waals surface area (Å²) in [6.07, 6.45) is 2.63. The minimum absolute atomic E-state index is 0.393. The molecule has 0 saturated heterocycles. The second kappa shape index (κ2) is 4.75. The van der Waals surface area contributed by atoms with Gasteiger partial charge in [-0.15, -0.1) is 0 Å². The largest absolute Gasteiger partial charge is 0.323 e. The normalized spacial score (nSPS) is 30.0. The number of Topliss-reactive ketones (excluding diaryl/α,β-unsaturated/α-hetero) is 2. The van der Waals surface area contributed by atoms with Crippen molar-refractivity contribution in [2.45, 2.75) is 33.6 Å². The van der Waals surface area contributed by atoms with Crippen LogP contribution in [0.5, 0.6) is 0 Å². The first-order valence-corrected chi connectivity index (χ1v) is 8.50. The monoisotopic (exact) mass is 336 g/mol. The Hall–Kier alpha value is -2.56. The first-order valence-electron chi connectivity index (χ1n) is 8.50. The van der Waals surface area contributed by atoms with Crippen LogP contribution >= 0.6 is 0 Å². The van der Waals surface area contributed by atoms with Gasteiger partial charge in [-0.25, -0.2) is 0 Å². The fourth-order valence-corrected chi connectivity index (χ4v) is 4.71. The summed E-state index contributed by atoms with van der Waals surface area (Å²) in [5.41, 5.74) is -1.54. The van der Waals surface area contributed by atoms with Gasteiger partial charge >= 0.3 is 0 Å². The third-order valence-electron chi connectivity index (χ3n) is 6.81. The van der Waals surface area contributed by atoms with Gasteiger partial charge in [0.15, 0.2) is 0 Å². The molecule has 2 aliphatic carbocycles. The van der Waals surface area contributed by atoms with Crippen molar-refractivity contribution in [3.8, 4) is 0 Å². The number of ketones is 2. The van der Waals surface area contributed by atoms with E-state index in [1.165, 1.54) is 0 Å². The fourth-order valence-electron chi connectivity index (χ4n) is 4.71. The van der Waals surface area contributed by atoms with E-state index in [0.717, 1.165) is 5.39 Å². The Bertz CT molecular complexity index is 944. The standard InChI is InChI=1S/C20H20N2O3/c1-18(2)19(3)9-10-20(18,16(24)15(19)23)17(25)22-13-8-4-6-12-7-5-11-21-14(12)13/h4-8,11H,9-10H2,1-3H3,(H,22,25). The highest BCUT2D eigenvalue weighted by Gasteiger charge is 2.77. The molecule has 1 aromatic carbocycles. The van der Waals surface area contributed by atoms with Gasteiger partial charge in [0.1, 0.15) is 5.41 Å². The lowest BCUT2D eigenvalue weighted by atomic mass is 9.64. The van der Waals surface area contributed by atoms with Gasteiger partial charge in [0.2, 0.25) is 17.5 Å². The summed E-state index contributed by atoms with van der Waals surface area (Å²) in [4.78, 5) is 42.9. The van der Waals surface area contributed by atoms with Gasteiger partial charge in [0.05, 0.1) is 11.2 Å². The molecule has 0 spiro atoms. The first kappa shape index (κ1) is 15.9. The smallest absolute Gasteiger partial charge is 0.239 e. The maximum absolute atomic E-state index is 13.2. The average molecular weight is 336 g/mol. The van der Waals surface area contributed by atoms with E-state index in [9.17, 15) is 14.4 Å². The van der Waals surface area contributed by atoms with Crippen molar-refractivity contribution in [3.05, 3.63) is 36.5 Å². The first-order chi connectivity index (χ1) is 11.8. The molecule has 5 nitrogen and oxygen atoms in total. The summed E-state index contributed by atoms with van der Waals surface area (Å²) in [7, 11) is 0. The number of hydrogen-bond donors (Lipinski definition) is 1. The van der Waals surface area contributed by atoms with Crippen molar-refractivity contribution in [1.82, 2.24) is 4.98 Å². The fraction of sp³-hybridized carbons (Fsp3) is 0.400. The molecule has 4 rings (SSSR count). The lowest BCUT2D eigenvalue weighted by Crippen LogP contribution is -2.47. The van der Waals surface area contributed by atoms with Gasteiger partial charge in [-0.2, -0.15) is 0 Å². The van der Waals surface area contributed by atoms with Gasteiger partial charge in [-0.05, 0) is 30.4 Å². The summed E-state index contributed by atoms with van der Waals surface area (Å²) in [6.45, 7) is 5.54. The van der Waals surface area contributed by atoms with Crippen molar-refractivity contribution in [2.75, 3.05) is 5.32 Å². The van der Waals surface area contributed by atoms with Crippen LogP contribution in [0.2, 0.25) is 0 Å². The van der Waals surface area contributed by atoms with Crippen molar-refractivity contribution in [2.24, 2.45) is 16.2 Å². The molecule has 128 valence electrons. The SMILES string of the molecule is CC12CCC(C(=O)Nc3cccc4cccnc34)(C(=O)C1=O)C2(C)C. The van der Waals surface area contributed by atoms with Gasteiger partial charge in [0.25, 0.3) is 0 Å². The highest BCUT2D eigenvalue weighted by atomic mass is 16.2. The molecule has 2 aliphatic rings. The Labute approximate surface area is 145 Å². The van der Waals surface area contributed by atoms with Crippen molar-refractivity contribution < 1.29 is 14.4 Å². The minimum Gasteiger partial charge on any atom is -0.323 e. The van der Waals surface area contributed by atoms with Crippen molar-refractivity contribution >= 4 is 34.1 Å². The number of hydrogen-bond acceptors (Lipinski definition) is 4. The van der Waals surface area contributed by atoms with E-state index >= 15 is 0 Å². The number of benzene rings is 1. The molecule has 25 heavy (non-hydrogen) atoms. The number of amides is 1. The highest BCUT2D eigenvalue weighted by Crippen LogP contribution is 2.69. The predicted molar refractivity (Wildman–Crippen MR) is 93.9 cm³/mol. The number of aromatic nitrogens is 1. The van der Waals surface area contributed by atoms with Crippen LogP contribution in [-0.2, 0) is 14.4 Å². The van der Waals surface area contributed by atoms with Gasteiger partial charge in [-0.3, -0.25) is 19.4 Å². The Morgan fingerprint density at radius 3 is 2.44 bits per heavy atom. The van der Waals surface area contributed by atoms with Gasteiger partial charge < -0.3 is 5.32 Å². The van der Waals surface area contributed by atoms with Gasteiger partial charge in [-0.1, -0.05) is 39.0 Å². The molecular formula is C20H20N2O3. The van der Waals surface area contributed by atoms with Crippen LogP contribution in [0.1, 0.15) is 33.6 Å². The lowest BCUT2D eigenvalue weighted by Gasteiger charge is -2.37. The molecule has 5 heteroatoms. The summed E-state index contributed by atoms with van der Waals surface area (Å²) in [6, 6.07) is 9.26. The molecule has 1 N–H and O–H groups in total. The van der Waals surface area contributed by atoms with Crippen LogP contribution in [0.4, 0.5) is 5.69 Å². The molecule has 0 aliphatic heterocycles. The zero-order valence-electron chi connectivity index (χ0n) is 14.6. The molecule has 2 atom stereocenters. The number of carbonyl (C=O) groups is 3. The summed E-state index contributed by atoms with van der Waals surface area (Å²) < 4.78 is 0. The van der Waals surface area contributed by atoms with Crippen LogP contribution in [0, 0.1) is 16.2 Å². The molecule has 1 heterocycles. The van der Waals surface area contributed by atoms with E-state index in [-0.39, 0.29) is 0 Å². The predicted octanol–water partition coefficient (Wildman–Crippen LogP) is 3.14. The third-order valence-corrected chi connectivity index (χ3v) is 6.81. The summed E-state index contributed by atoms with van der Waals surface area (Å²) in [5, 5.41) is 3.80. The van der Waals surface area contributed by atoms with Crippen molar-refractivity contribution in [1.29, 1.82) is 0 Å². The molecular weight excluding hydrogens is 316 g/mol. The molecule has 2 unspecified atom stereocenters. The molecule has 2 aromatic rings. The maximum Gasteiger partial charge on any atom is 0.239 e. The lowest BCUT2D eigenvalue weighted by molar-refractivity contribution is -0.147. The summed E-state index contributed by atoms with van der Waals surface area (Å²) >= 11 is 0. The van der Waals surface area contributed by atoms with E-state index in [0.29, 0.717) is 24.0 Å². The van der Waals surface area contributed by atoms with Crippen LogP contribution in [0.25, 0.3) is 10.9 Å². The van der Waals surface area contributed by atoms with Crippen LogP contribution in [-0.4, -0.2) is 22.5 Å². The number of nitrogens with zero attached hydrogens (tertiary/aromatic N) is 1. The van der Waals surface area contributed by atoms with Crippen LogP contribution < -0.4 is 5.32 Å². The van der Waals surface area contributed by atoms with E-state index in [4.69, 9.17) is 0 Å². The highest BCUT2D eigenvalue weighted by molar-refractivity contribution is 6.49. The van der Waals surface area contributed by atoms with Gasteiger partial charge in [0, 0.05) is 17.0 Å². The number of para-hydroxylation sites is 1. The molecule has 1 amide bonds. The molecule has 0 radical (unpaired) electrons. The number of fused-ring (bicyclic) bond motifs is 3. The van der Waals surface area contributed by atoms with E-state index in [1.54, 1.807) is 12.3 Å². The Kier molecular flexibility index (Phi) is 3.03. The quantitative estimate of drug-likeness (QED) is 0.675. The number of anilines is 1. The van der Waals surface area contributed by atoms with E-state index in [1.807, 2.05) is 45.0 Å². The maximum atomic E-state index is 13.2. The number of rotatable bonds is 2. The Morgan fingerprint density at radius 2 is 1.76 bits per heavy atom. The zero-order valence-corrected chi connectivity index (χ0v) is 14.6. The second-order valence-corrected chi connectivity index (χ2v) is 7.86. The number of nitrogens with one attached hydrogen (secondary N) is 1. The Balaban J connectivity index is 1.79. The zero-order chi connectivity index (χ0) is 18.0. The van der Waals surface area contributed by atoms with Crippen LogP contribution in [0.3, 0.4) is 0 Å².